The number of aliphatic imine (C=N–C) groups is 1. The lowest BCUT2D eigenvalue weighted by atomic mass is 9.85. The summed E-state index contributed by atoms with van der Waals surface area (Å²) in [5.74, 6) is -3.89. The Kier molecular flexibility index (Phi) is 7.63. The van der Waals surface area contributed by atoms with Crippen molar-refractivity contribution >= 4 is 70.4 Å². The second-order valence-corrected chi connectivity index (χ2v) is 13.9. The van der Waals surface area contributed by atoms with E-state index in [1.165, 1.54) is 16.8 Å². The molecule has 6 rings (SSSR count). The van der Waals surface area contributed by atoms with Crippen LogP contribution in [0.5, 0.6) is 0 Å². The van der Waals surface area contributed by atoms with E-state index >= 15 is 0 Å². The number of halogens is 3. The van der Waals surface area contributed by atoms with E-state index in [2.05, 4.69) is 38.2 Å². The van der Waals surface area contributed by atoms with Crippen molar-refractivity contribution in [2.24, 2.45) is 4.99 Å². The zero-order valence-electron chi connectivity index (χ0n) is 23.8. The van der Waals surface area contributed by atoms with Crippen LogP contribution < -0.4 is 26.6 Å². The largest absolute Gasteiger partial charge is 0.445 e. The lowest BCUT2D eigenvalue weighted by Gasteiger charge is -2.49. The number of ether oxygens (including phenoxy) is 1. The molecule has 45 heavy (non-hydrogen) atoms. The molecule has 1 aromatic carbocycles. The molecule has 5 amide bonds. The summed E-state index contributed by atoms with van der Waals surface area (Å²) in [4.78, 5) is 60.0. The molecule has 0 bridgehead atoms. The fraction of sp³-hybridized carbons (Fsp3) is 0.500. The highest BCUT2D eigenvalue weighted by molar-refractivity contribution is 6.67. The van der Waals surface area contributed by atoms with Crippen molar-refractivity contribution in [2.45, 2.75) is 39.8 Å². The summed E-state index contributed by atoms with van der Waals surface area (Å²) < 4.78 is 3.10. The van der Waals surface area contributed by atoms with Gasteiger partial charge in [-0.15, -0.1) is 0 Å². The maximum atomic E-state index is 13.6. The number of carbonyl (C=O) groups excluding carboxylic acids is 4. The maximum absolute atomic E-state index is 13.6. The van der Waals surface area contributed by atoms with E-state index in [0.717, 1.165) is 16.9 Å². The molecule has 19 heteroatoms. The van der Waals surface area contributed by atoms with Gasteiger partial charge in [-0.3, -0.25) is 19.8 Å². The molecular formula is C26H30Cl3N9O7. The molecule has 1 aromatic rings. The molecule has 4 atom stereocenters. The molecular weight excluding hydrogens is 657 g/mol. The first-order valence-electron chi connectivity index (χ1n) is 13.9. The van der Waals surface area contributed by atoms with Crippen LogP contribution >= 0.6 is 34.8 Å². The third-order valence-electron chi connectivity index (χ3n) is 8.47. The van der Waals surface area contributed by atoms with Gasteiger partial charge in [-0.25, -0.2) is 14.6 Å². The number of alkyl halides is 3. The summed E-state index contributed by atoms with van der Waals surface area (Å²) in [5.41, 5.74) is -0.00495. The number of hydrogen-bond acceptors (Lipinski definition) is 12. The van der Waals surface area contributed by atoms with Crippen molar-refractivity contribution < 1.29 is 34.1 Å². The molecule has 1 spiro atoms. The molecule has 0 aromatic heterocycles. The Hall–Kier alpha value is -3.70. The number of imide groups is 1. The Labute approximate surface area is 271 Å². The van der Waals surface area contributed by atoms with Crippen molar-refractivity contribution in [2.75, 3.05) is 45.2 Å². The number of urea groups is 1. The second kappa shape index (κ2) is 11.0. The Balaban J connectivity index is 1.36. The number of benzene rings is 1. The van der Waals surface area contributed by atoms with Gasteiger partial charge in [-0.05, 0) is 18.1 Å². The highest BCUT2D eigenvalue weighted by atomic mass is 35.6. The minimum Gasteiger partial charge on any atom is -0.445 e. The summed E-state index contributed by atoms with van der Waals surface area (Å²) in [6.45, 7) is 3.20. The van der Waals surface area contributed by atoms with Gasteiger partial charge in [-0.2, -0.15) is 0 Å². The molecule has 0 saturated carbocycles. The second-order valence-electron chi connectivity index (χ2n) is 11.4. The first-order valence-corrected chi connectivity index (χ1v) is 15.0. The third kappa shape index (κ3) is 5.23. The van der Waals surface area contributed by atoms with Crippen molar-refractivity contribution in [1.82, 2.24) is 36.0 Å². The standard InChI is InChI=1S/C26H30Cl3N9O7/c1-12-31-19-15(8-37-17(39)10-36(2)23(37)42)32-21(34-22(41)45-11-24(27,28)29)38-9-16(26(43,44)25(19,38)35-12)33-20(40)14-5-3-4-13-6-7-30-18(13)14/h3-5,15-16,19,30-31,35,43-44H,1,6-11H2,2H3,(H,33,40)(H,32,34,41)/t15-,16?,19?,25?/m0/s1. The number of aliphatic hydroxyl groups is 2. The van der Waals surface area contributed by atoms with Crippen molar-refractivity contribution in [3.8, 4) is 0 Å². The van der Waals surface area contributed by atoms with Crippen LogP contribution in [0.3, 0.4) is 0 Å². The van der Waals surface area contributed by atoms with E-state index in [1.54, 1.807) is 12.1 Å². The minimum atomic E-state index is -2.76. The van der Waals surface area contributed by atoms with Crippen LogP contribution in [0.4, 0.5) is 15.3 Å². The van der Waals surface area contributed by atoms with E-state index in [4.69, 9.17) is 39.5 Å². The van der Waals surface area contributed by atoms with E-state index in [1.807, 2.05) is 6.07 Å². The molecule has 16 nitrogen and oxygen atoms in total. The predicted octanol–water partition coefficient (Wildman–Crippen LogP) is -0.793. The van der Waals surface area contributed by atoms with Gasteiger partial charge < -0.3 is 46.0 Å². The number of fused-ring (bicyclic) bond motifs is 1. The smallest absolute Gasteiger partial charge is 0.414 e. The van der Waals surface area contributed by atoms with Crippen LogP contribution in [0.25, 0.3) is 0 Å². The highest BCUT2D eigenvalue weighted by Crippen LogP contribution is 2.45. The Bertz CT molecular complexity index is 1520. The zero-order valence-corrected chi connectivity index (χ0v) is 26.0. The van der Waals surface area contributed by atoms with Crippen LogP contribution in [0.15, 0.2) is 35.6 Å². The summed E-state index contributed by atoms with van der Waals surface area (Å²) in [5, 5.41) is 38.2. The van der Waals surface area contributed by atoms with Crippen LogP contribution in [0.2, 0.25) is 0 Å². The molecule has 7 N–H and O–H groups in total. The number of likely N-dealkylation sites (N-methyl/N-ethyl adjacent to an activating group) is 1. The molecule has 3 fully saturated rings. The Morgan fingerprint density at radius 3 is 2.71 bits per heavy atom. The van der Waals surface area contributed by atoms with E-state index in [9.17, 15) is 29.4 Å². The molecule has 5 heterocycles. The quantitative estimate of drug-likeness (QED) is 0.116. The van der Waals surface area contributed by atoms with Gasteiger partial charge >= 0.3 is 12.1 Å². The highest BCUT2D eigenvalue weighted by Gasteiger charge is 2.74. The SMILES string of the molecule is C=C1NC2[C@H](CN3C(=O)CN(C)C3=O)N=C(NC(=O)OCC(Cl)(Cl)Cl)N3CC(NC(=O)c4cccc5c4NCC5)C(O)(O)C23N1. The molecule has 3 unspecified atom stereocenters. The number of alkyl carbamates (subject to hydrolysis) is 1. The number of hydrogen-bond donors (Lipinski definition) is 7. The summed E-state index contributed by atoms with van der Waals surface area (Å²) >= 11 is 17.2. The van der Waals surface area contributed by atoms with E-state index in [0.29, 0.717) is 17.8 Å². The summed E-state index contributed by atoms with van der Waals surface area (Å²) in [6, 6.07) is 1.21. The number of nitrogens with zero attached hydrogens (tertiary/aromatic N) is 4. The predicted molar refractivity (Wildman–Crippen MR) is 161 cm³/mol. The molecule has 0 aliphatic carbocycles. The van der Waals surface area contributed by atoms with Gasteiger partial charge in [0.15, 0.2) is 5.66 Å². The van der Waals surface area contributed by atoms with E-state index < -0.39 is 63.9 Å². The van der Waals surface area contributed by atoms with Crippen molar-refractivity contribution in [1.29, 1.82) is 0 Å². The third-order valence-corrected chi connectivity index (χ3v) is 8.79. The fourth-order valence-electron chi connectivity index (χ4n) is 6.51. The van der Waals surface area contributed by atoms with Gasteiger partial charge in [0, 0.05) is 20.1 Å². The Morgan fingerprint density at radius 1 is 1.27 bits per heavy atom. The Morgan fingerprint density at radius 2 is 2.02 bits per heavy atom. The lowest BCUT2D eigenvalue weighted by molar-refractivity contribution is -0.231. The monoisotopic (exact) mass is 685 g/mol. The number of anilines is 1. The average molecular weight is 687 g/mol. The van der Waals surface area contributed by atoms with Gasteiger partial charge in [0.1, 0.15) is 19.2 Å². The summed E-state index contributed by atoms with van der Waals surface area (Å²) in [7, 11) is 1.47. The van der Waals surface area contributed by atoms with Crippen LogP contribution in [-0.2, 0) is 16.0 Å². The molecule has 0 radical (unpaired) electrons. The first-order chi connectivity index (χ1) is 21.1. The normalized spacial score (nSPS) is 28.0. The average Bonchev–Trinajstić information content (AvgIpc) is 3.69. The van der Waals surface area contributed by atoms with Crippen LogP contribution in [0.1, 0.15) is 15.9 Å². The molecule has 242 valence electrons. The van der Waals surface area contributed by atoms with Gasteiger partial charge in [0.05, 0.1) is 35.7 Å². The van der Waals surface area contributed by atoms with Crippen LogP contribution in [-0.4, -0.2) is 128 Å². The van der Waals surface area contributed by atoms with Crippen molar-refractivity contribution in [3.63, 3.8) is 0 Å². The lowest BCUT2D eigenvalue weighted by Crippen LogP contribution is -2.78. The molecule has 5 aliphatic heterocycles. The number of carbonyl (C=O) groups is 4. The van der Waals surface area contributed by atoms with Gasteiger partial charge in [-0.1, -0.05) is 53.5 Å². The van der Waals surface area contributed by atoms with Crippen molar-refractivity contribution in [3.05, 3.63) is 41.7 Å². The minimum absolute atomic E-state index is 0.153. The molecule has 5 aliphatic rings. The number of guanidine groups is 1. The number of rotatable bonds is 5. The maximum Gasteiger partial charge on any atom is 0.414 e. The summed E-state index contributed by atoms with van der Waals surface area (Å²) in [6.07, 6.45) is -0.357. The van der Waals surface area contributed by atoms with Crippen LogP contribution in [0, 0.1) is 0 Å². The topological polar surface area (TPSA) is 200 Å². The fourth-order valence-corrected chi connectivity index (χ4v) is 6.67. The van der Waals surface area contributed by atoms with Gasteiger partial charge in [0.2, 0.25) is 21.4 Å². The van der Waals surface area contributed by atoms with Gasteiger partial charge in [0.25, 0.3) is 5.91 Å². The number of amides is 5. The molecule has 3 saturated heterocycles. The van der Waals surface area contributed by atoms with E-state index in [-0.39, 0.29) is 31.4 Å². The zero-order chi connectivity index (χ0) is 32.5. The number of nitrogens with one attached hydrogen (secondary N) is 5. The number of para-hydroxylation sites is 1. The first kappa shape index (κ1) is 31.3.